The van der Waals surface area contributed by atoms with Crippen LogP contribution in [0.3, 0.4) is 0 Å². The Balaban J connectivity index is 2.53. The Morgan fingerprint density at radius 2 is 1.88 bits per heavy atom. The van der Waals surface area contributed by atoms with Crippen molar-refractivity contribution in [2.75, 3.05) is 0 Å². The van der Waals surface area contributed by atoms with Gasteiger partial charge in [0.05, 0.1) is 16.6 Å². The second kappa shape index (κ2) is 3.25. The van der Waals surface area contributed by atoms with E-state index < -0.39 is 0 Å². The van der Waals surface area contributed by atoms with Crippen LogP contribution in [0.2, 0.25) is 0 Å². The summed E-state index contributed by atoms with van der Waals surface area (Å²) in [6.45, 7) is 0. The number of rotatable bonds is 1. The summed E-state index contributed by atoms with van der Waals surface area (Å²) in [5, 5.41) is 20.9. The Labute approximate surface area is 96.1 Å². The number of aromatic amines is 1. The fourth-order valence-corrected chi connectivity index (χ4v) is 2.06. The lowest BCUT2D eigenvalue weighted by Crippen LogP contribution is -1.80. The molecule has 0 aliphatic heterocycles. The molecule has 0 spiro atoms. The molecule has 0 aliphatic rings. The molecule has 3 rings (SSSR count). The van der Waals surface area contributed by atoms with Gasteiger partial charge < -0.3 is 15.2 Å². The van der Waals surface area contributed by atoms with Crippen LogP contribution in [0.4, 0.5) is 0 Å². The Bertz CT molecular complexity index is 743. The number of hydrogen-bond acceptors (Lipinski definition) is 3. The number of aldehydes is 1. The lowest BCUT2D eigenvalue weighted by Gasteiger charge is -1.97. The third-order valence-corrected chi connectivity index (χ3v) is 2.89. The van der Waals surface area contributed by atoms with Crippen molar-refractivity contribution in [3.8, 4) is 11.5 Å². The predicted molar refractivity (Wildman–Crippen MR) is 64.5 cm³/mol. The Morgan fingerprint density at radius 1 is 1.06 bits per heavy atom. The third kappa shape index (κ3) is 1.27. The van der Waals surface area contributed by atoms with Crippen LogP contribution in [-0.2, 0) is 0 Å². The molecule has 0 saturated carbocycles. The highest BCUT2D eigenvalue weighted by Gasteiger charge is 2.10. The summed E-state index contributed by atoms with van der Waals surface area (Å²) in [6.07, 6.45) is 0.608. The highest BCUT2D eigenvalue weighted by atomic mass is 16.3. The minimum atomic E-state index is -0.0708. The van der Waals surface area contributed by atoms with E-state index in [0.29, 0.717) is 17.3 Å². The van der Waals surface area contributed by atoms with E-state index in [-0.39, 0.29) is 17.1 Å². The molecule has 17 heavy (non-hydrogen) atoms. The first-order valence-corrected chi connectivity index (χ1v) is 5.12. The number of carbonyl (C=O) groups excluding carboxylic acids is 1. The molecule has 0 aliphatic carbocycles. The number of benzene rings is 2. The standard InChI is InChI=1S/C13H9NO3/c15-6-7-4-9-8-2-1-3-11(16)13(8)14-10(9)5-12(7)17/h1-6,14,16-17H. The van der Waals surface area contributed by atoms with Crippen molar-refractivity contribution in [3.63, 3.8) is 0 Å². The fourth-order valence-electron chi connectivity index (χ4n) is 2.06. The molecule has 0 atom stereocenters. The van der Waals surface area contributed by atoms with Gasteiger partial charge in [-0.05, 0) is 12.1 Å². The smallest absolute Gasteiger partial charge is 0.153 e. The zero-order valence-corrected chi connectivity index (χ0v) is 8.77. The molecule has 0 amide bonds. The van der Waals surface area contributed by atoms with Crippen molar-refractivity contribution < 1.29 is 15.0 Å². The number of aromatic nitrogens is 1. The molecule has 1 heterocycles. The van der Waals surface area contributed by atoms with E-state index >= 15 is 0 Å². The quantitative estimate of drug-likeness (QED) is 0.559. The molecule has 2 aromatic carbocycles. The number of H-pyrrole nitrogens is 1. The average molecular weight is 227 g/mol. The zero-order chi connectivity index (χ0) is 12.0. The second-order valence-electron chi connectivity index (χ2n) is 3.90. The molecule has 0 saturated heterocycles. The van der Waals surface area contributed by atoms with Gasteiger partial charge in [0, 0.05) is 16.8 Å². The molecule has 0 fully saturated rings. The topological polar surface area (TPSA) is 73.3 Å². The van der Waals surface area contributed by atoms with Crippen molar-refractivity contribution in [3.05, 3.63) is 35.9 Å². The number of carbonyl (C=O) groups is 1. The lowest BCUT2D eigenvalue weighted by atomic mass is 10.1. The predicted octanol–water partition coefficient (Wildman–Crippen LogP) is 2.54. The highest BCUT2D eigenvalue weighted by Crippen LogP contribution is 2.33. The first-order chi connectivity index (χ1) is 8.20. The molecule has 4 nitrogen and oxygen atoms in total. The number of para-hydroxylation sites is 1. The minimum absolute atomic E-state index is 0.0708. The molecule has 0 unspecified atom stereocenters. The summed E-state index contributed by atoms with van der Waals surface area (Å²) in [5.74, 6) is 0.0735. The second-order valence-corrected chi connectivity index (χ2v) is 3.90. The van der Waals surface area contributed by atoms with Crippen LogP contribution in [0.15, 0.2) is 30.3 Å². The third-order valence-electron chi connectivity index (χ3n) is 2.89. The Morgan fingerprint density at radius 3 is 2.65 bits per heavy atom. The van der Waals surface area contributed by atoms with Gasteiger partial charge in [-0.3, -0.25) is 4.79 Å². The van der Waals surface area contributed by atoms with Crippen LogP contribution in [0, 0.1) is 0 Å². The Hall–Kier alpha value is -2.49. The monoisotopic (exact) mass is 227 g/mol. The van der Waals surface area contributed by atoms with Crippen molar-refractivity contribution in [1.82, 2.24) is 4.98 Å². The van der Waals surface area contributed by atoms with Gasteiger partial charge in [0.15, 0.2) is 6.29 Å². The van der Waals surface area contributed by atoms with Gasteiger partial charge in [-0.2, -0.15) is 0 Å². The van der Waals surface area contributed by atoms with Gasteiger partial charge in [-0.15, -0.1) is 0 Å². The van der Waals surface area contributed by atoms with Gasteiger partial charge in [0.1, 0.15) is 11.5 Å². The molecular weight excluding hydrogens is 218 g/mol. The number of phenols is 2. The summed E-state index contributed by atoms with van der Waals surface area (Å²) in [5.41, 5.74) is 1.52. The maximum absolute atomic E-state index is 10.8. The lowest BCUT2D eigenvalue weighted by molar-refractivity contribution is 0.112. The van der Waals surface area contributed by atoms with Crippen LogP contribution in [-0.4, -0.2) is 21.5 Å². The van der Waals surface area contributed by atoms with Crippen LogP contribution < -0.4 is 0 Å². The summed E-state index contributed by atoms with van der Waals surface area (Å²) >= 11 is 0. The van der Waals surface area contributed by atoms with Gasteiger partial charge in [-0.1, -0.05) is 12.1 Å². The van der Waals surface area contributed by atoms with Crippen molar-refractivity contribution >= 4 is 28.1 Å². The normalized spacial score (nSPS) is 11.1. The SMILES string of the molecule is O=Cc1cc2c(cc1O)[nH]c1c(O)cccc12. The van der Waals surface area contributed by atoms with E-state index in [9.17, 15) is 15.0 Å². The molecule has 4 heteroatoms. The van der Waals surface area contributed by atoms with Crippen LogP contribution in [0.1, 0.15) is 10.4 Å². The first-order valence-electron chi connectivity index (χ1n) is 5.12. The van der Waals surface area contributed by atoms with E-state index in [1.165, 1.54) is 6.07 Å². The van der Waals surface area contributed by atoms with Crippen LogP contribution in [0.25, 0.3) is 21.8 Å². The van der Waals surface area contributed by atoms with Gasteiger partial charge in [0.25, 0.3) is 0 Å². The van der Waals surface area contributed by atoms with E-state index in [1.807, 2.05) is 6.07 Å². The van der Waals surface area contributed by atoms with Crippen molar-refractivity contribution in [2.24, 2.45) is 0 Å². The molecular formula is C13H9NO3. The molecule has 3 N–H and O–H groups in total. The number of nitrogens with one attached hydrogen (secondary N) is 1. The summed E-state index contributed by atoms with van der Waals surface area (Å²) in [4.78, 5) is 13.8. The molecule has 3 aromatic rings. The fraction of sp³-hybridized carbons (Fsp3) is 0. The van der Waals surface area contributed by atoms with Crippen molar-refractivity contribution in [1.29, 1.82) is 0 Å². The molecule has 84 valence electrons. The van der Waals surface area contributed by atoms with Gasteiger partial charge in [0.2, 0.25) is 0 Å². The van der Waals surface area contributed by atoms with Crippen LogP contribution >= 0.6 is 0 Å². The van der Waals surface area contributed by atoms with E-state index in [0.717, 1.165) is 10.8 Å². The van der Waals surface area contributed by atoms with Crippen molar-refractivity contribution in [2.45, 2.75) is 0 Å². The summed E-state index contributed by atoms with van der Waals surface area (Å²) in [6, 6.07) is 8.25. The maximum Gasteiger partial charge on any atom is 0.153 e. The number of fused-ring (bicyclic) bond motifs is 3. The maximum atomic E-state index is 10.8. The molecule has 0 radical (unpaired) electrons. The molecule has 0 bridgehead atoms. The zero-order valence-electron chi connectivity index (χ0n) is 8.77. The van der Waals surface area contributed by atoms with E-state index in [2.05, 4.69) is 4.98 Å². The number of hydrogen-bond donors (Lipinski definition) is 3. The van der Waals surface area contributed by atoms with E-state index in [1.54, 1.807) is 18.2 Å². The average Bonchev–Trinajstić information content (AvgIpc) is 2.67. The number of aromatic hydroxyl groups is 2. The first kappa shape index (κ1) is 9.72. The Kier molecular flexibility index (Phi) is 1.86. The van der Waals surface area contributed by atoms with E-state index in [4.69, 9.17) is 0 Å². The molecule has 1 aromatic heterocycles. The largest absolute Gasteiger partial charge is 0.507 e. The summed E-state index contributed by atoms with van der Waals surface area (Å²) in [7, 11) is 0. The van der Waals surface area contributed by atoms with Gasteiger partial charge >= 0.3 is 0 Å². The number of phenolic OH excluding ortho intramolecular Hbond substituents is 2. The minimum Gasteiger partial charge on any atom is -0.507 e. The summed E-state index contributed by atoms with van der Waals surface area (Å²) < 4.78 is 0. The van der Waals surface area contributed by atoms with Gasteiger partial charge in [-0.25, -0.2) is 0 Å². The van der Waals surface area contributed by atoms with Crippen LogP contribution in [0.5, 0.6) is 11.5 Å². The highest BCUT2D eigenvalue weighted by molar-refractivity contribution is 6.10.